The molecule has 0 nitrogen and oxygen atoms in total. The topological polar surface area (TPSA) is 0 Å². The van der Waals surface area contributed by atoms with Crippen molar-refractivity contribution in [3.8, 4) is 0 Å². The van der Waals surface area contributed by atoms with E-state index in [0.29, 0.717) is 0 Å². The summed E-state index contributed by atoms with van der Waals surface area (Å²) in [5.74, 6) is 0. The minimum atomic E-state index is -1.21. The first-order valence-electron chi connectivity index (χ1n) is 8.85. The molecule has 0 unspecified atom stereocenters. The lowest BCUT2D eigenvalue weighted by Crippen LogP contribution is -2.33. The van der Waals surface area contributed by atoms with Crippen LogP contribution in [0.15, 0.2) is 12.1 Å². The molecule has 2 heteroatoms. The van der Waals surface area contributed by atoms with Crippen molar-refractivity contribution in [1.82, 2.24) is 0 Å². The van der Waals surface area contributed by atoms with E-state index >= 15 is 0 Å². The van der Waals surface area contributed by atoms with Gasteiger partial charge in [0.2, 0.25) is 0 Å². The van der Waals surface area contributed by atoms with Crippen molar-refractivity contribution in [2.75, 3.05) is 0 Å². The Morgan fingerprint density at radius 2 is 1.00 bits per heavy atom. The van der Waals surface area contributed by atoms with Gasteiger partial charge in [-0.1, -0.05) is 105 Å². The maximum atomic E-state index is 2.50. The molecule has 0 radical (unpaired) electrons. The highest BCUT2D eigenvalue weighted by Crippen LogP contribution is 2.39. The second kappa shape index (κ2) is 6.30. The summed E-state index contributed by atoms with van der Waals surface area (Å²) in [6.07, 6.45) is 0. The Hall–Kier alpha value is -0.133. The minimum Gasteiger partial charge on any atom is -0.507 e. The van der Waals surface area contributed by atoms with E-state index in [9.17, 15) is 0 Å². The Bertz CT molecular complexity index is 522. The van der Waals surface area contributed by atoms with Crippen molar-refractivity contribution in [2.45, 2.75) is 98.2 Å². The normalized spacial score (nSPS) is 14.8. The van der Waals surface area contributed by atoms with Crippen molar-refractivity contribution in [2.24, 2.45) is 0 Å². The minimum absolute atomic E-state index is 0.184. The van der Waals surface area contributed by atoms with Gasteiger partial charge in [0.1, 0.15) is 0 Å². The fourth-order valence-corrected chi connectivity index (χ4v) is 7.11. The molecule has 0 saturated heterocycles. The van der Waals surface area contributed by atoms with E-state index in [2.05, 4.69) is 94.1 Å². The molecule has 0 saturated carbocycles. The average molecular weight is 350 g/mol. The molecule has 0 amide bonds. The van der Waals surface area contributed by atoms with Crippen molar-refractivity contribution in [3.05, 3.63) is 28.8 Å². The molecule has 0 bridgehead atoms. The lowest BCUT2D eigenvalue weighted by Gasteiger charge is -2.44. The molecule has 23 heavy (non-hydrogen) atoms. The maximum absolute atomic E-state index is 2.50. The Balaban J connectivity index is 3.82. The third kappa shape index (κ3) is 5.71. The Labute approximate surface area is 148 Å². The molecule has 0 aromatic heterocycles. The molecule has 0 spiro atoms. The van der Waals surface area contributed by atoms with Gasteiger partial charge in [-0.05, 0) is 21.8 Å². The fraction of sp³-hybridized carbons (Fsp3) is 0.714. The first-order chi connectivity index (χ1) is 9.93. The first kappa shape index (κ1) is 20.9. The van der Waals surface area contributed by atoms with Crippen LogP contribution >= 0.6 is 8.13 Å². The Morgan fingerprint density at radius 3 is 1.22 bits per heavy atom. The van der Waals surface area contributed by atoms with Crippen LogP contribution in [0.3, 0.4) is 0 Å². The summed E-state index contributed by atoms with van der Waals surface area (Å²) in [7, 11) is 0.362. The van der Waals surface area contributed by atoms with Crippen LogP contribution in [0.2, 0.25) is 19.6 Å². The molecule has 0 aliphatic carbocycles. The van der Waals surface area contributed by atoms with E-state index in [1.165, 1.54) is 5.56 Å². The van der Waals surface area contributed by atoms with Gasteiger partial charge < -0.3 is 8.13 Å². The van der Waals surface area contributed by atoms with Gasteiger partial charge in [0.25, 0.3) is 0 Å². The third-order valence-corrected chi connectivity index (χ3v) is 8.10. The summed E-state index contributed by atoms with van der Waals surface area (Å²) in [5.41, 5.74) is 5.14. The van der Waals surface area contributed by atoms with Crippen molar-refractivity contribution < 1.29 is 0 Å². The van der Waals surface area contributed by atoms with Gasteiger partial charge in [-0.3, -0.25) is 0 Å². The van der Waals surface area contributed by atoms with Gasteiger partial charge >= 0.3 is 0 Å². The van der Waals surface area contributed by atoms with E-state index in [1.807, 2.05) is 0 Å². The number of rotatable bonds is 2. The van der Waals surface area contributed by atoms with Crippen LogP contribution in [0.1, 0.15) is 79.0 Å². The lowest BCUT2D eigenvalue weighted by atomic mass is 9.75. The van der Waals surface area contributed by atoms with E-state index in [-0.39, 0.29) is 16.2 Å². The highest BCUT2D eigenvalue weighted by molar-refractivity contribution is 7.86. The summed E-state index contributed by atoms with van der Waals surface area (Å²) in [4.78, 5) is 0. The lowest BCUT2D eigenvalue weighted by molar-refractivity contribution is 0.554. The smallest absolute Gasteiger partial charge is 0.0132 e. The van der Waals surface area contributed by atoms with Crippen LogP contribution in [0.5, 0.6) is 0 Å². The van der Waals surface area contributed by atoms with Crippen molar-refractivity contribution >= 4 is 21.2 Å². The van der Waals surface area contributed by atoms with Crippen LogP contribution in [-0.4, -0.2) is 7.74 Å². The SMILES string of the molecule is CC(C)(C)c1cc(C(C)(C)C)c([P-][Si](C)(C)C)c(C(C)(C)C)c1. The Morgan fingerprint density at radius 1 is 0.652 bits per heavy atom. The molecular weight excluding hydrogens is 311 g/mol. The number of hydrogen-bond donors (Lipinski definition) is 0. The van der Waals surface area contributed by atoms with Crippen LogP contribution in [0.25, 0.3) is 0 Å². The monoisotopic (exact) mass is 349 g/mol. The zero-order valence-corrected chi connectivity index (χ0v) is 19.5. The molecule has 0 fully saturated rings. The van der Waals surface area contributed by atoms with E-state index < -0.39 is 7.74 Å². The third-order valence-electron chi connectivity index (χ3n) is 4.04. The highest BCUT2D eigenvalue weighted by Gasteiger charge is 2.26. The van der Waals surface area contributed by atoms with Crippen LogP contribution in [-0.2, 0) is 16.2 Å². The molecule has 0 atom stereocenters. The maximum Gasteiger partial charge on any atom is -0.0132 e. The summed E-state index contributed by atoms with van der Waals surface area (Å²) < 4.78 is 0. The largest absolute Gasteiger partial charge is 0.507 e. The van der Waals surface area contributed by atoms with Gasteiger partial charge in [-0.25, -0.2) is 0 Å². The number of hydrogen-bond acceptors (Lipinski definition) is 0. The molecular formula is C21H38PSi-. The molecule has 132 valence electrons. The fourth-order valence-electron chi connectivity index (χ4n) is 2.67. The molecule has 1 aromatic rings. The van der Waals surface area contributed by atoms with Gasteiger partial charge in [0.15, 0.2) is 0 Å². The van der Waals surface area contributed by atoms with Gasteiger partial charge in [0.05, 0.1) is 0 Å². The first-order valence-corrected chi connectivity index (χ1v) is 14.1. The predicted octanol–water partition coefficient (Wildman–Crippen LogP) is 6.99. The molecule has 0 heterocycles. The predicted molar refractivity (Wildman–Crippen MR) is 112 cm³/mol. The second-order valence-electron chi connectivity index (χ2n) is 11.0. The van der Waals surface area contributed by atoms with Crippen LogP contribution < -0.4 is 5.30 Å². The van der Waals surface area contributed by atoms with E-state index in [0.717, 1.165) is 0 Å². The molecule has 0 aliphatic heterocycles. The highest BCUT2D eigenvalue weighted by atomic mass is 31.3. The quantitative estimate of drug-likeness (QED) is 0.399. The zero-order valence-electron chi connectivity index (χ0n) is 17.6. The van der Waals surface area contributed by atoms with Gasteiger partial charge in [-0.15, -0.1) is 7.74 Å². The molecule has 0 aliphatic rings. The summed E-state index contributed by atoms with van der Waals surface area (Å²) in [5, 5.41) is 1.61. The van der Waals surface area contributed by atoms with Crippen LogP contribution in [0.4, 0.5) is 0 Å². The van der Waals surface area contributed by atoms with Crippen molar-refractivity contribution in [1.29, 1.82) is 0 Å². The average Bonchev–Trinajstić information content (AvgIpc) is 2.21. The standard InChI is InChI=1S/C21H38PSi/c1-19(2,3)15-13-16(20(4,5)6)18(22-23(10,11)12)17(14-15)21(7,8)9/h13-14H,1-12H3/q-1. The van der Waals surface area contributed by atoms with Gasteiger partial charge in [0, 0.05) is 0 Å². The second-order valence-corrected chi connectivity index (χ2v) is 20.7. The molecule has 1 rings (SSSR count). The summed E-state index contributed by atoms with van der Waals surface area (Å²) in [6.45, 7) is 28.6. The van der Waals surface area contributed by atoms with E-state index in [4.69, 9.17) is 0 Å². The molecule has 0 N–H and O–H groups in total. The summed E-state index contributed by atoms with van der Waals surface area (Å²) in [6, 6.07) is 5.00. The summed E-state index contributed by atoms with van der Waals surface area (Å²) >= 11 is 0. The zero-order chi connectivity index (χ0) is 18.4. The van der Waals surface area contributed by atoms with Crippen LogP contribution in [0, 0.1) is 0 Å². The Kier molecular flexibility index (Phi) is 5.73. The van der Waals surface area contributed by atoms with E-state index in [1.54, 1.807) is 24.6 Å². The van der Waals surface area contributed by atoms with Gasteiger partial charge in [-0.2, -0.15) is 5.30 Å². The van der Waals surface area contributed by atoms with Crippen molar-refractivity contribution in [3.63, 3.8) is 0 Å². The number of benzene rings is 1. The molecule has 1 aromatic carbocycles.